The van der Waals surface area contributed by atoms with E-state index in [1.807, 2.05) is 13.8 Å². The van der Waals surface area contributed by atoms with Gasteiger partial charge in [0.05, 0.1) is 13.2 Å². The summed E-state index contributed by atoms with van der Waals surface area (Å²) in [5.74, 6) is -0.825. The molecule has 100 valence electrons. The van der Waals surface area contributed by atoms with Crippen molar-refractivity contribution in [2.75, 3.05) is 19.7 Å². The van der Waals surface area contributed by atoms with E-state index in [2.05, 4.69) is 10.3 Å². The first-order valence-corrected chi connectivity index (χ1v) is 5.87. The second-order valence-corrected chi connectivity index (χ2v) is 4.25. The van der Waals surface area contributed by atoms with Gasteiger partial charge in [-0.2, -0.15) is 0 Å². The molecule has 0 aliphatic carbocycles. The van der Waals surface area contributed by atoms with E-state index in [0.29, 0.717) is 12.2 Å². The van der Waals surface area contributed by atoms with Crippen molar-refractivity contribution in [3.8, 4) is 0 Å². The summed E-state index contributed by atoms with van der Waals surface area (Å²) < 4.78 is 0. The van der Waals surface area contributed by atoms with Gasteiger partial charge in [0.15, 0.2) is 0 Å². The van der Waals surface area contributed by atoms with Crippen molar-refractivity contribution in [3.05, 3.63) is 24.0 Å². The van der Waals surface area contributed by atoms with Gasteiger partial charge in [0, 0.05) is 18.8 Å². The fourth-order valence-corrected chi connectivity index (χ4v) is 1.54. The molecule has 0 aliphatic heterocycles. The highest BCUT2D eigenvalue weighted by Crippen LogP contribution is 1.98. The van der Waals surface area contributed by atoms with Crippen LogP contribution in [0.2, 0.25) is 0 Å². The number of amides is 2. The van der Waals surface area contributed by atoms with Gasteiger partial charge in [-0.3, -0.25) is 19.8 Å². The van der Waals surface area contributed by atoms with Gasteiger partial charge in [-0.1, -0.05) is 0 Å². The van der Waals surface area contributed by atoms with Crippen LogP contribution in [0.1, 0.15) is 24.3 Å². The molecule has 0 aliphatic rings. The maximum atomic E-state index is 11.7. The smallest absolute Gasteiger partial charge is 0.274 e. The number of nitrogens with zero attached hydrogens (tertiary/aromatic N) is 1. The lowest BCUT2D eigenvalue weighted by atomic mass is 10.3. The third kappa shape index (κ3) is 4.31. The summed E-state index contributed by atoms with van der Waals surface area (Å²) in [6.07, 6.45) is 1.62. The highest BCUT2D eigenvalue weighted by atomic mass is 16.3. The molecular formula is C12H19N3O3. The molecule has 1 aromatic heterocycles. The second kappa shape index (κ2) is 6.93. The first-order valence-electron chi connectivity index (χ1n) is 5.87. The number of imide groups is 1. The molecule has 0 radical (unpaired) electrons. The molecule has 6 nitrogen and oxygen atoms in total. The first kappa shape index (κ1) is 14.4. The number of aromatic nitrogens is 1. The van der Waals surface area contributed by atoms with Gasteiger partial charge in [0.2, 0.25) is 5.91 Å². The fraction of sp³-hybridized carbons (Fsp3) is 0.500. The Kier molecular flexibility index (Phi) is 5.54. The molecule has 1 aromatic rings. The van der Waals surface area contributed by atoms with E-state index in [9.17, 15) is 9.59 Å². The van der Waals surface area contributed by atoms with Crippen LogP contribution in [0.25, 0.3) is 0 Å². The van der Waals surface area contributed by atoms with Gasteiger partial charge >= 0.3 is 0 Å². The van der Waals surface area contributed by atoms with E-state index in [1.165, 1.54) is 0 Å². The molecule has 0 bridgehead atoms. The Labute approximate surface area is 106 Å². The van der Waals surface area contributed by atoms with Crippen LogP contribution in [0.3, 0.4) is 0 Å². The average Bonchev–Trinajstić information content (AvgIpc) is 2.81. The molecule has 3 N–H and O–H groups in total. The van der Waals surface area contributed by atoms with Crippen LogP contribution in [-0.2, 0) is 4.79 Å². The van der Waals surface area contributed by atoms with E-state index in [-0.39, 0.29) is 25.1 Å². The van der Waals surface area contributed by atoms with Gasteiger partial charge in [-0.05, 0) is 26.0 Å². The minimum Gasteiger partial charge on any atom is -0.395 e. The maximum Gasteiger partial charge on any atom is 0.274 e. The van der Waals surface area contributed by atoms with Crippen molar-refractivity contribution >= 4 is 11.8 Å². The Morgan fingerprint density at radius 1 is 1.50 bits per heavy atom. The zero-order chi connectivity index (χ0) is 13.5. The van der Waals surface area contributed by atoms with E-state index in [1.54, 1.807) is 23.2 Å². The number of carbonyl (C=O) groups excluding carboxylic acids is 2. The largest absolute Gasteiger partial charge is 0.395 e. The first-order chi connectivity index (χ1) is 8.54. The second-order valence-electron chi connectivity index (χ2n) is 4.25. The van der Waals surface area contributed by atoms with E-state index >= 15 is 0 Å². The molecular weight excluding hydrogens is 234 g/mol. The number of aliphatic hydroxyl groups excluding tert-OH is 1. The molecule has 1 rings (SSSR count). The number of carbonyl (C=O) groups is 2. The molecule has 0 spiro atoms. The summed E-state index contributed by atoms with van der Waals surface area (Å²) in [4.78, 5) is 27.8. The number of nitrogens with one attached hydrogen (secondary N) is 2. The third-order valence-electron chi connectivity index (χ3n) is 2.56. The minimum atomic E-state index is -0.447. The lowest BCUT2D eigenvalue weighted by Crippen LogP contribution is -2.43. The Morgan fingerprint density at radius 3 is 2.72 bits per heavy atom. The average molecular weight is 253 g/mol. The molecule has 6 heteroatoms. The fourth-order valence-electron chi connectivity index (χ4n) is 1.54. The predicted molar refractivity (Wildman–Crippen MR) is 67.1 cm³/mol. The highest BCUT2D eigenvalue weighted by Gasteiger charge is 2.16. The van der Waals surface area contributed by atoms with Crippen LogP contribution in [0.15, 0.2) is 18.3 Å². The van der Waals surface area contributed by atoms with Gasteiger partial charge in [-0.25, -0.2) is 0 Å². The van der Waals surface area contributed by atoms with Crippen molar-refractivity contribution in [1.29, 1.82) is 0 Å². The Bertz CT molecular complexity index is 387. The Morgan fingerprint density at radius 2 is 2.22 bits per heavy atom. The number of hydrogen-bond donors (Lipinski definition) is 3. The molecule has 2 amide bonds. The normalized spacial score (nSPS) is 10.9. The summed E-state index contributed by atoms with van der Waals surface area (Å²) in [6.45, 7) is 4.33. The zero-order valence-electron chi connectivity index (χ0n) is 10.6. The summed E-state index contributed by atoms with van der Waals surface area (Å²) in [5, 5.41) is 11.2. The molecule has 1 heterocycles. The molecule has 0 unspecified atom stereocenters. The molecule has 0 saturated carbocycles. The molecule has 0 saturated heterocycles. The zero-order valence-corrected chi connectivity index (χ0v) is 10.6. The predicted octanol–water partition coefficient (Wildman–Crippen LogP) is -0.0262. The van der Waals surface area contributed by atoms with Gasteiger partial charge < -0.3 is 10.1 Å². The van der Waals surface area contributed by atoms with Crippen molar-refractivity contribution in [2.24, 2.45) is 0 Å². The van der Waals surface area contributed by atoms with Crippen LogP contribution in [0, 0.1) is 0 Å². The van der Waals surface area contributed by atoms with Gasteiger partial charge in [0.1, 0.15) is 5.69 Å². The third-order valence-corrected chi connectivity index (χ3v) is 2.56. The summed E-state index contributed by atoms with van der Waals surface area (Å²) in [6, 6.07) is 3.41. The van der Waals surface area contributed by atoms with Crippen LogP contribution in [0.5, 0.6) is 0 Å². The van der Waals surface area contributed by atoms with Crippen molar-refractivity contribution in [1.82, 2.24) is 15.2 Å². The van der Waals surface area contributed by atoms with E-state index < -0.39 is 5.91 Å². The topological polar surface area (TPSA) is 85.4 Å². The lowest BCUT2D eigenvalue weighted by Gasteiger charge is -2.24. The van der Waals surface area contributed by atoms with Crippen LogP contribution < -0.4 is 5.32 Å². The number of aromatic amines is 1. The number of hydrogen-bond acceptors (Lipinski definition) is 4. The van der Waals surface area contributed by atoms with Gasteiger partial charge in [-0.15, -0.1) is 0 Å². The summed E-state index contributed by atoms with van der Waals surface area (Å²) in [5.41, 5.74) is 0.349. The Hall–Kier alpha value is -1.66. The van der Waals surface area contributed by atoms with Gasteiger partial charge in [0.25, 0.3) is 5.91 Å². The van der Waals surface area contributed by atoms with Crippen LogP contribution in [0.4, 0.5) is 0 Å². The Balaban J connectivity index is 2.47. The van der Waals surface area contributed by atoms with E-state index in [4.69, 9.17) is 5.11 Å². The van der Waals surface area contributed by atoms with Crippen LogP contribution in [-0.4, -0.2) is 52.5 Å². The monoisotopic (exact) mass is 253 g/mol. The highest BCUT2D eigenvalue weighted by molar-refractivity contribution is 6.04. The van der Waals surface area contributed by atoms with Crippen molar-refractivity contribution < 1.29 is 14.7 Å². The quantitative estimate of drug-likeness (QED) is 0.665. The molecule has 0 fully saturated rings. The summed E-state index contributed by atoms with van der Waals surface area (Å²) in [7, 11) is 0. The lowest BCUT2D eigenvalue weighted by molar-refractivity contribution is -0.121. The number of rotatable bonds is 6. The number of aliphatic hydroxyl groups is 1. The maximum absolute atomic E-state index is 11.7. The number of H-pyrrole nitrogens is 1. The SMILES string of the molecule is CC(C)N(CCO)CC(=O)NC(=O)c1ccc[nH]1. The van der Waals surface area contributed by atoms with Crippen molar-refractivity contribution in [3.63, 3.8) is 0 Å². The molecule has 0 atom stereocenters. The summed E-state index contributed by atoms with van der Waals surface area (Å²) >= 11 is 0. The minimum absolute atomic E-state index is 0.0178. The van der Waals surface area contributed by atoms with Crippen molar-refractivity contribution in [2.45, 2.75) is 19.9 Å². The standard InChI is InChI=1S/C12H19N3O3/c1-9(2)15(6-7-16)8-11(17)14-12(18)10-4-3-5-13-10/h3-5,9,13,16H,6-8H2,1-2H3,(H,14,17,18). The van der Waals surface area contributed by atoms with Crippen LogP contribution >= 0.6 is 0 Å². The van der Waals surface area contributed by atoms with E-state index in [0.717, 1.165) is 0 Å². The molecule has 0 aromatic carbocycles. The molecule has 18 heavy (non-hydrogen) atoms.